The van der Waals surface area contributed by atoms with Crippen LogP contribution in [0.4, 0.5) is 0 Å². The summed E-state index contributed by atoms with van der Waals surface area (Å²) in [5, 5.41) is 0. The molecule has 0 saturated heterocycles. The quantitative estimate of drug-likeness (QED) is 0.239. The minimum Gasteiger partial charge on any atom is -0.459 e. The maximum Gasteiger partial charge on any atom is 0.313 e. The van der Waals surface area contributed by atoms with E-state index in [1.165, 1.54) is 11.1 Å². The Morgan fingerprint density at radius 3 is 1.32 bits per heavy atom. The standard InChI is InChI=1S/C33H41NO4/c1-22(2)18-26-10-14-28(15-11-26)24(5)32(35)37-20-30-8-7-9-31(34-30)21-38-33(36)25(6)29-16-12-27(13-17-29)19-23(3)4/h7-17,22-25H,18-21H2,1-6H3/t24-,25+. The van der Waals surface area contributed by atoms with E-state index in [1.54, 1.807) is 12.1 Å². The highest BCUT2D eigenvalue weighted by molar-refractivity contribution is 5.78. The number of rotatable bonds is 12. The Balaban J connectivity index is 1.49. The zero-order valence-electron chi connectivity index (χ0n) is 23.6. The molecule has 202 valence electrons. The molecule has 5 heteroatoms. The van der Waals surface area contributed by atoms with Crippen LogP contribution in [0, 0.1) is 11.8 Å². The summed E-state index contributed by atoms with van der Waals surface area (Å²) in [7, 11) is 0. The summed E-state index contributed by atoms with van der Waals surface area (Å²) in [5.41, 5.74) is 5.61. The largest absolute Gasteiger partial charge is 0.459 e. The van der Waals surface area contributed by atoms with Crippen LogP contribution in [0.25, 0.3) is 0 Å². The molecule has 0 aliphatic rings. The van der Waals surface area contributed by atoms with Crippen LogP contribution in [0.3, 0.4) is 0 Å². The fraction of sp³-hybridized carbons (Fsp3) is 0.424. The number of hydrogen-bond acceptors (Lipinski definition) is 5. The SMILES string of the molecule is CC(C)Cc1ccc([C@H](C)C(=O)OCc2cccc(COC(=O)[C@H](C)c3ccc(CC(C)C)cc3)n2)cc1. The van der Waals surface area contributed by atoms with Gasteiger partial charge in [0.15, 0.2) is 0 Å². The first kappa shape index (κ1) is 29.1. The predicted octanol–water partition coefficient (Wildman–Crippen LogP) is 7.17. The van der Waals surface area contributed by atoms with Gasteiger partial charge in [0.25, 0.3) is 0 Å². The zero-order valence-corrected chi connectivity index (χ0v) is 23.6. The van der Waals surface area contributed by atoms with Gasteiger partial charge in [-0.15, -0.1) is 0 Å². The third-order valence-corrected chi connectivity index (χ3v) is 6.54. The Hall–Kier alpha value is -3.47. The molecule has 0 N–H and O–H groups in total. The van der Waals surface area contributed by atoms with Gasteiger partial charge < -0.3 is 9.47 Å². The van der Waals surface area contributed by atoms with Crippen molar-refractivity contribution in [2.24, 2.45) is 11.8 Å². The monoisotopic (exact) mass is 515 g/mol. The van der Waals surface area contributed by atoms with Crippen molar-refractivity contribution in [2.75, 3.05) is 0 Å². The van der Waals surface area contributed by atoms with Gasteiger partial charge in [-0.2, -0.15) is 0 Å². The predicted molar refractivity (Wildman–Crippen MR) is 151 cm³/mol. The van der Waals surface area contributed by atoms with Crippen LogP contribution in [0.2, 0.25) is 0 Å². The maximum atomic E-state index is 12.6. The van der Waals surface area contributed by atoms with Gasteiger partial charge in [-0.25, -0.2) is 0 Å². The van der Waals surface area contributed by atoms with E-state index in [0.717, 1.165) is 24.0 Å². The second kappa shape index (κ2) is 13.9. The number of pyridine rings is 1. The van der Waals surface area contributed by atoms with Gasteiger partial charge in [-0.05, 0) is 72.9 Å². The number of aromatic nitrogens is 1. The van der Waals surface area contributed by atoms with Gasteiger partial charge in [0.1, 0.15) is 13.2 Å². The molecule has 0 aliphatic carbocycles. The molecule has 1 heterocycles. The smallest absolute Gasteiger partial charge is 0.313 e. The molecule has 0 aliphatic heterocycles. The van der Waals surface area contributed by atoms with Crippen LogP contribution < -0.4 is 0 Å². The van der Waals surface area contributed by atoms with Crippen molar-refractivity contribution in [3.05, 3.63) is 100 Å². The van der Waals surface area contributed by atoms with Crippen LogP contribution in [0.5, 0.6) is 0 Å². The Kier molecular flexibility index (Phi) is 10.6. The summed E-state index contributed by atoms with van der Waals surface area (Å²) in [4.78, 5) is 29.8. The van der Waals surface area contributed by atoms with Crippen molar-refractivity contribution in [3.8, 4) is 0 Å². The lowest BCUT2D eigenvalue weighted by Gasteiger charge is -2.14. The van der Waals surface area contributed by atoms with Gasteiger partial charge >= 0.3 is 11.9 Å². The van der Waals surface area contributed by atoms with Gasteiger partial charge in [-0.3, -0.25) is 14.6 Å². The van der Waals surface area contributed by atoms with E-state index in [-0.39, 0.29) is 37.0 Å². The van der Waals surface area contributed by atoms with E-state index >= 15 is 0 Å². The normalized spacial score (nSPS) is 12.8. The second-order valence-corrected chi connectivity index (χ2v) is 11.0. The van der Waals surface area contributed by atoms with Crippen molar-refractivity contribution in [3.63, 3.8) is 0 Å². The third kappa shape index (κ3) is 8.83. The van der Waals surface area contributed by atoms with E-state index in [1.807, 2.05) is 44.2 Å². The molecule has 0 fully saturated rings. The van der Waals surface area contributed by atoms with Gasteiger partial charge in [0.2, 0.25) is 0 Å². The van der Waals surface area contributed by atoms with Crippen LogP contribution in [0.15, 0.2) is 66.7 Å². The molecule has 3 aromatic rings. The zero-order chi connectivity index (χ0) is 27.7. The number of carbonyl (C=O) groups excluding carboxylic acids is 2. The van der Waals surface area contributed by atoms with Crippen molar-refractivity contribution < 1.29 is 19.1 Å². The van der Waals surface area contributed by atoms with E-state index < -0.39 is 0 Å². The Morgan fingerprint density at radius 2 is 0.974 bits per heavy atom. The summed E-state index contributed by atoms with van der Waals surface area (Å²) < 4.78 is 11.1. The van der Waals surface area contributed by atoms with Gasteiger partial charge in [-0.1, -0.05) is 82.3 Å². The molecule has 1 aromatic heterocycles. The van der Waals surface area contributed by atoms with Crippen LogP contribution >= 0.6 is 0 Å². The third-order valence-electron chi connectivity index (χ3n) is 6.54. The summed E-state index contributed by atoms with van der Waals surface area (Å²) in [6.45, 7) is 12.6. The summed E-state index contributed by atoms with van der Waals surface area (Å²) >= 11 is 0. The average Bonchev–Trinajstić information content (AvgIpc) is 2.90. The van der Waals surface area contributed by atoms with Crippen molar-refractivity contribution in [1.82, 2.24) is 4.98 Å². The fourth-order valence-electron chi connectivity index (χ4n) is 4.33. The molecule has 2 atom stereocenters. The molecule has 0 radical (unpaired) electrons. The minimum absolute atomic E-state index is 0.0650. The minimum atomic E-state index is -0.367. The van der Waals surface area contributed by atoms with Gasteiger partial charge in [0.05, 0.1) is 23.2 Å². The fourth-order valence-corrected chi connectivity index (χ4v) is 4.33. The Bertz CT molecular complexity index is 1090. The molecule has 38 heavy (non-hydrogen) atoms. The van der Waals surface area contributed by atoms with Crippen molar-refractivity contribution >= 4 is 11.9 Å². The summed E-state index contributed by atoms with van der Waals surface area (Å²) in [5.74, 6) is -0.154. The van der Waals surface area contributed by atoms with Crippen molar-refractivity contribution in [2.45, 2.75) is 79.4 Å². The molecule has 0 saturated carbocycles. The lowest BCUT2D eigenvalue weighted by atomic mass is 9.97. The molecule has 0 spiro atoms. The number of nitrogens with zero attached hydrogens (tertiary/aromatic N) is 1. The maximum absolute atomic E-state index is 12.6. The number of ether oxygens (including phenoxy) is 2. The molecule has 5 nitrogen and oxygen atoms in total. The summed E-state index contributed by atoms with van der Waals surface area (Å²) in [6, 6.07) is 21.7. The second-order valence-electron chi connectivity index (χ2n) is 11.0. The van der Waals surface area contributed by atoms with Gasteiger partial charge in [0, 0.05) is 0 Å². The Labute approximate surface area is 227 Å². The molecule has 2 aromatic carbocycles. The number of esters is 2. The first-order valence-electron chi connectivity index (χ1n) is 13.6. The lowest BCUT2D eigenvalue weighted by Crippen LogP contribution is -2.15. The topological polar surface area (TPSA) is 65.5 Å². The average molecular weight is 516 g/mol. The van der Waals surface area contributed by atoms with Crippen LogP contribution in [0.1, 0.15) is 87.0 Å². The lowest BCUT2D eigenvalue weighted by molar-refractivity contribution is -0.147. The molecular weight excluding hydrogens is 474 g/mol. The molecule has 0 amide bonds. The molecule has 3 rings (SSSR count). The Morgan fingerprint density at radius 1 is 0.605 bits per heavy atom. The highest BCUT2D eigenvalue weighted by Gasteiger charge is 2.19. The number of hydrogen-bond donors (Lipinski definition) is 0. The van der Waals surface area contributed by atoms with Crippen molar-refractivity contribution in [1.29, 1.82) is 0 Å². The number of carbonyl (C=O) groups is 2. The van der Waals surface area contributed by atoms with E-state index in [9.17, 15) is 9.59 Å². The molecule has 0 unspecified atom stereocenters. The van der Waals surface area contributed by atoms with Crippen LogP contribution in [-0.4, -0.2) is 16.9 Å². The highest BCUT2D eigenvalue weighted by Crippen LogP contribution is 2.21. The van der Waals surface area contributed by atoms with Crippen LogP contribution in [-0.2, 0) is 45.1 Å². The first-order chi connectivity index (χ1) is 18.1. The van der Waals surface area contributed by atoms with E-state index in [2.05, 4.69) is 56.9 Å². The van der Waals surface area contributed by atoms with E-state index in [4.69, 9.17) is 9.47 Å². The molecular formula is C33H41NO4. The number of benzene rings is 2. The van der Waals surface area contributed by atoms with E-state index in [0.29, 0.717) is 23.2 Å². The summed E-state index contributed by atoms with van der Waals surface area (Å²) in [6.07, 6.45) is 2.03. The first-order valence-corrected chi connectivity index (χ1v) is 13.6. The highest BCUT2D eigenvalue weighted by atomic mass is 16.5. The molecule has 0 bridgehead atoms.